The molecule has 0 heterocycles. The minimum Gasteiger partial charge on any atom is -0.497 e. The van der Waals surface area contributed by atoms with Crippen LogP contribution >= 0.6 is 0 Å². The Morgan fingerprint density at radius 3 is 2.08 bits per heavy atom. The third kappa shape index (κ3) is 8.15. The highest BCUT2D eigenvalue weighted by molar-refractivity contribution is 7.92. The van der Waals surface area contributed by atoms with E-state index < -0.39 is 28.5 Å². The molecule has 198 valence electrons. The molecule has 0 fully saturated rings. The van der Waals surface area contributed by atoms with Gasteiger partial charge in [0.2, 0.25) is 21.8 Å². The first-order valence-corrected chi connectivity index (χ1v) is 13.9. The molecule has 1 N–H and O–H groups in total. The van der Waals surface area contributed by atoms with Crippen LogP contribution in [-0.4, -0.2) is 64.2 Å². The molecule has 0 bridgehead atoms. The van der Waals surface area contributed by atoms with Crippen molar-refractivity contribution in [1.82, 2.24) is 10.2 Å². The molecule has 0 aromatic heterocycles. The van der Waals surface area contributed by atoms with Gasteiger partial charge in [0.05, 0.1) is 25.7 Å². The van der Waals surface area contributed by atoms with E-state index in [2.05, 4.69) is 5.32 Å². The number of sulfonamides is 1. The SMILES string of the molecule is CCCNC(=O)[C@H](CC)N(Cc1ccc(OC)cc1)C(=O)CN(c1ccc(OCC)cc1)S(C)(=O)=O. The van der Waals surface area contributed by atoms with Crippen LogP contribution in [0, 0.1) is 0 Å². The van der Waals surface area contributed by atoms with Crippen molar-refractivity contribution in [2.24, 2.45) is 0 Å². The van der Waals surface area contributed by atoms with Gasteiger partial charge in [-0.2, -0.15) is 0 Å². The summed E-state index contributed by atoms with van der Waals surface area (Å²) in [6.07, 6.45) is 2.18. The zero-order valence-electron chi connectivity index (χ0n) is 21.7. The molecular formula is C26H37N3O6S. The zero-order valence-corrected chi connectivity index (χ0v) is 22.5. The normalized spacial score (nSPS) is 11.9. The lowest BCUT2D eigenvalue weighted by atomic mass is 10.1. The van der Waals surface area contributed by atoms with Crippen LogP contribution in [-0.2, 0) is 26.2 Å². The maximum atomic E-state index is 13.6. The van der Waals surface area contributed by atoms with Gasteiger partial charge < -0.3 is 19.7 Å². The molecule has 0 spiro atoms. The Balaban J connectivity index is 2.39. The number of hydrogen-bond donors (Lipinski definition) is 1. The summed E-state index contributed by atoms with van der Waals surface area (Å²) in [6.45, 7) is 6.29. The molecule has 0 radical (unpaired) electrons. The first-order valence-electron chi connectivity index (χ1n) is 12.0. The number of carbonyl (C=O) groups is 2. The summed E-state index contributed by atoms with van der Waals surface area (Å²) in [6, 6.07) is 12.9. The Hall–Kier alpha value is -3.27. The number of nitrogens with zero attached hydrogens (tertiary/aromatic N) is 2. The minimum absolute atomic E-state index is 0.141. The number of methoxy groups -OCH3 is 1. The fraction of sp³-hybridized carbons (Fsp3) is 0.462. The Labute approximate surface area is 214 Å². The minimum atomic E-state index is -3.79. The molecule has 2 aromatic carbocycles. The van der Waals surface area contributed by atoms with E-state index >= 15 is 0 Å². The number of hydrogen-bond acceptors (Lipinski definition) is 6. The number of anilines is 1. The van der Waals surface area contributed by atoms with Crippen LogP contribution < -0.4 is 19.1 Å². The van der Waals surface area contributed by atoms with Crippen LogP contribution in [0.1, 0.15) is 39.2 Å². The molecule has 1 atom stereocenters. The smallest absolute Gasteiger partial charge is 0.244 e. The molecule has 0 aliphatic carbocycles. The van der Waals surface area contributed by atoms with E-state index in [1.165, 1.54) is 4.90 Å². The Morgan fingerprint density at radius 2 is 1.58 bits per heavy atom. The van der Waals surface area contributed by atoms with Crippen LogP contribution in [0.25, 0.3) is 0 Å². The fourth-order valence-corrected chi connectivity index (χ4v) is 4.55. The molecule has 36 heavy (non-hydrogen) atoms. The van der Waals surface area contributed by atoms with E-state index in [4.69, 9.17) is 9.47 Å². The molecule has 0 unspecified atom stereocenters. The van der Waals surface area contributed by atoms with Crippen molar-refractivity contribution >= 4 is 27.5 Å². The van der Waals surface area contributed by atoms with Crippen LogP contribution in [0.5, 0.6) is 11.5 Å². The molecule has 2 aromatic rings. The first kappa shape index (κ1) is 29.0. The van der Waals surface area contributed by atoms with Gasteiger partial charge in [0.15, 0.2) is 0 Å². The highest BCUT2D eigenvalue weighted by Crippen LogP contribution is 2.23. The van der Waals surface area contributed by atoms with E-state index in [0.717, 1.165) is 22.5 Å². The van der Waals surface area contributed by atoms with Gasteiger partial charge in [-0.1, -0.05) is 26.0 Å². The second-order valence-corrected chi connectivity index (χ2v) is 10.2. The zero-order chi connectivity index (χ0) is 26.7. The molecule has 10 heteroatoms. The van der Waals surface area contributed by atoms with Crippen molar-refractivity contribution in [3.63, 3.8) is 0 Å². The van der Waals surface area contributed by atoms with Crippen LogP contribution in [0.3, 0.4) is 0 Å². The number of amides is 2. The maximum Gasteiger partial charge on any atom is 0.244 e. The highest BCUT2D eigenvalue weighted by Gasteiger charge is 2.31. The van der Waals surface area contributed by atoms with Gasteiger partial charge in [0.25, 0.3) is 0 Å². The first-order chi connectivity index (χ1) is 17.1. The summed E-state index contributed by atoms with van der Waals surface area (Å²) in [5, 5.41) is 2.86. The Bertz CT molecular complexity index is 1090. The van der Waals surface area contributed by atoms with Gasteiger partial charge in [-0.25, -0.2) is 8.42 Å². The third-order valence-electron chi connectivity index (χ3n) is 5.56. The maximum absolute atomic E-state index is 13.6. The summed E-state index contributed by atoms with van der Waals surface area (Å²) in [4.78, 5) is 28.0. The molecule has 2 amide bonds. The molecule has 2 rings (SSSR count). The number of carbonyl (C=O) groups excluding carboxylic acids is 2. The summed E-state index contributed by atoms with van der Waals surface area (Å²) < 4.78 is 37.0. The highest BCUT2D eigenvalue weighted by atomic mass is 32.2. The lowest BCUT2D eigenvalue weighted by Gasteiger charge is -2.33. The molecular weight excluding hydrogens is 482 g/mol. The van der Waals surface area contributed by atoms with Crippen LogP contribution in [0.15, 0.2) is 48.5 Å². The van der Waals surface area contributed by atoms with Gasteiger partial charge in [-0.15, -0.1) is 0 Å². The van der Waals surface area contributed by atoms with Crippen molar-refractivity contribution < 1.29 is 27.5 Å². The number of benzene rings is 2. The number of nitrogens with one attached hydrogen (secondary N) is 1. The van der Waals surface area contributed by atoms with E-state index in [0.29, 0.717) is 36.8 Å². The van der Waals surface area contributed by atoms with Gasteiger partial charge >= 0.3 is 0 Å². The van der Waals surface area contributed by atoms with Crippen LogP contribution in [0.4, 0.5) is 5.69 Å². The number of rotatable bonds is 14. The van der Waals surface area contributed by atoms with E-state index in [9.17, 15) is 18.0 Å². The summed E-state index contributed by atoms with van der Waals surface area (Å²) in [5.41, 5.74) is 1.13. The molecule has 0 aliphatic heterocycles. The molecule has 0 aliphatic rings. The third-order valence-corrected chi connectivity index (χ3v) is 6.70. The van der Waals surface area contributed by atoms with E-state index in [1.807, 2.05) is 32.9 Å². The van der Waals surface area contributed by atoms with Crippen molar-refractivity contribution in [3.8, 4) is 11.5 Å². The summed E-state index contributed by atoms with van der Waals surface area (Å²) >= 11 is 0. The monoisotopic (exact) mass is 519 g/mol. The second kappa shape index (κ2) is 13.7. The average molecular weight is 520 g/mol. The van der Waals surface area contributed by atoms with Crippen molar-refractivity contribution in [2.45, 2.75) is 46.2 Å². The Morgan fingerprint density at radius 1 is 0.972 bits per heavy atom. The largest absolute Gasteiger partial charge is 0.497 e. The number of ether oxygens (including phenoxy) is 2. The lowest BCUT2D eigenvalue weighted by molar-refractivity contribution is -0.140. The molecule has 0 saturated carbocycles. The van der Waals surface area contributed by atoms with Crippen LogP contribution in [0.2, 0.25) is 0 Å². The summed E-state index contributed by atoms with van der Waals surface area (Å²) in [7, 11) is -2.23. The lowest BCUT2D eigenvalue weighted by Crippen LogP contribution is -2.52. The fourth-order valence-electron chi connectivity index (χ4n) is 3.70. The summed E-state index contributed by atoms with van der Waals surface area (Å²) in [5.74, 6) is 0.515. The van der Waals surface area contributed by atoms with Gasteiger partial charge in [0.1, 0.15) is 24.1 Å². The van der Waals surface area contributed by atoms with Gasteiger partial charge in [-0.05, 0) is 61.7 Å². The van der Waals surface area contributed by atoms with E-state index in [1.54, 1.807) is 43.5 Å². The topological polar surface area (TPSA) is 105 Å². The van der Waals surface area contributed by atoms with Gasteiger partial charge in [-0.3, -0.25) is 13.9 Å². The van der Waals surface area contributed by atoms with Crippen molar-refractivity contribution in [2.75, 3.05) is 37.4 Å². The predicted octanol–water partition coefficient (Wildman–Crippen LogP) is 3.19. The average Bonchev–Trinajstić information content (AvgIpc) is 2.86. The quantitative estimate of drug-likeness (QED) is 0.411. The van der Waals surface area contributed by atoms with E-state index in [-0.39, 0.29) is 12.5 Å². The standard InChI is InChI=1S/C26H37N3O6S/c1-6-17-27-26(31)24(7-2)28(18-20-9-13-22(34-4)14-10-20)25(30)19-29(36(5,32)33)21-11-15-23(16-12-21)35-8-3/h9-16,24H,6-8,17-19H2,1-5H3,(H,27,31)/t24-/m0/s1. The van der Waals surface area contributed by atoms with Crippen molar-refractivity contribution in [3.05, 3.63) is 54.1 Å². The van der Waals surface area contributed by atoms with Crippen molar-refractivity contribution in [1.29, 1.82) is 0 Å². The molecule has 9 nitrogen and oxygen atoms in total. The predicted molar refractivity (Wildman–Crippen MR) is 141 cm³/mol. The second-order valence-electron chi connectivity index (χ2n) is 8.28. The Kier molecular flexibility index (Phi) is 11.0. The van der Waals surface area contributed by atoms with Gasteiger partial charge in [0, 0.05) is 13.1 Å². The molecule has 0 saturated heterocycles.